The van der Waals surface area contributed by atoms with E-state index in [1.807, 2.05) is 42.6 Å². The topological polar surface area (TPSA) is 66.9 Å². The van der Waals surface area contributed by atoms with Gasteiger partial charge < -0.3 is 9.64 Å². The van der Waals surface area contributed by atoms with Crippen LogP contribution >= 0.6 is 11.3 Å². The predicted molar refractivity (Wildman–Crippen MR) is 96.9 cm³/mol. The van der Waals surface area contributed by atoms with Crippen molar-refractivity contribution in [3.63, 3.8) is 0 Å². The lowest BCUT2D eigenvalue weighted by Gasteiger charge is -2.25. The number of thiophene rings is 1. The maximum Gasteiger partial charge on any atom is 0.332 e. The van der Waals surface area contributed by atoms with Gasteiger partial charge in [0.25, 0.3) is 5.91 Å². The van der Waals surface area contributed by atoms with E-state index >= 15 is 0 Å². The van der Waals surface area contributed by atoms with Crippen molar-refractivity contribution in [1.82, 2.24) is 4.90 Å². The van der Waals surface area contributed by atoms with Gasteiger partial charge in [-0.25, -0.2) is 9.69 Å². The fourth-order valence-corrected chi connectivity index (χ4v) is 4.77. The second kappa shape index (κ2) is 6.25. The van der Waals surface area contributed by atoms with E-state index in [2.05, 4.69) is 0 Å². The molecule has 3 heterocycles. The Kier molecular flexibility index (Phi) is 4.03. The van der Waals surface area contributed by atoms with Crippen molar-refractivity contribution in [3.8, 4) is 0 Å². The van der Waals surface area contributed by atoms with Gasteiger partial charge in [-0.2, -0.15) is 0 Å². The minimum Gasteiger partial charge on any atom is -0.469 e. The van der Waals surface area contributed by atoms with Crippen LogP contribution in [0.2, 0.25) is 0 Å². The summed E-state index contributed by atoms with van der Waals surface area (Å²) >= 11 is 1.47. The van der Waals surface area contributed by atoms with E-state index in [1.54, 1.807) is 11.0 Å². The van der Waals surface area contributed by atoms with Gasteiger partial charge in [0.05, 0.1) is 24.8 Å². The summed E-state index contributed by atoms with van der Waals surface area (Å²) in [5, 5.41) is 1.90. The molecule has 7 heteroatoms. The SMILES string of the molecule is COC(=O)C1CC2C(=O)N(c3cccc(C)c3)C(=O)N2C1c1cccs1. The van der Waals surface area contributed by atoms with Crippen LogP contribution in [-0.2, 0) is 14.3 Å². The van der Waals surface area contributed by atoms with Gasteiger partial charge in [-0.3, -0.25) is 9.59 Å². The average Bonchev–Trinajstić information content (AvgIpc) is 3.32. The molecule has 2 aliphatic rings. The number of carbonyl (C=O) groups excluding carboxylic acids is 3. The first-order valence-electron chi connectivity index (χ1n) is 8.37. The first-order chi connectivity index (χ1) is 12.5. The number of carbonyl (C=O) groups is 3. The number of esters is 1. The molecule has 2 fully saturated rings. The van der Waals surface area contributed by atoms with Crippen molar-refractivity contribution >= 4 is 34.9 Å². The monoisotopic (exact) mass is 370 g/mol. The molecule has 3 amide bonds. The largest absolute Gasteiger partial charge is 0.469 e. The van der Waals surface area contributed by atoms with Crippen LogP contribution in [-0.4, -0.2) is 36.0 Å². The van der Waals surface area contributed by atoms with Crippen LogP contribution in [0.1, 0.15) is 22.9 Å². The van der Waals surface area contributed by atoms with Crippen molar-refractivity contribution in [1.29, 1.82) is 0 Å². The number of ether oxygens (including phenoxy) is 1. The van der Waals surface area contributed by atoms with E-state index in [-0.39, 0.29) is 24.3 Å². The number of hydrogen-bond acceptors (Lipinski definition) is 5. The molecule has 4 rings (SSSR count). The number of hydrogen-bond donors (Lipinski definition) is 0. The third-order valence-corrected chi connectivity index (χ3v) is 5.95. The first-order valence-corrected chi connectivity index (χ1v) is 9.25. The molecule has 3 unspecified atom stereocenters. The van der Waals surface area contributed by atoms with Crippen molar-refractivity contribution in [2.24, 2.45) is 5.92 Å². The smallest absolute Gasteiger partial charge is 0.332 e. The van der Waals surface area contributed by atoms with E-state index in [9.17, 15) is 14.4 Å². The molecule has 1 aromatic carbocycles. The van der Waals surface area contributed by atoms with Crippen LogP contribution in [0.25, 0.3) is 0 Å². The highest BCUT2D eigenvalue weighted by Crippen LogP contribution is 2.47. The van der Waals surface area contributed by atoms with Crippen molar-refractivity contribution in [2.75, 3.05) is 12.0 Å². The van der Waals surface area contributed by atoms with Gasteiger partial charge in [0.2, 0.25) is 0 Å². The average molecular weight is 370 g/mol. The number of urea groups is 1. The fraction of sp³-hybridized carbons (Fsp3) is 0.316. The molecule has 0 aliphatic carbocycles. The summed E-state index contributed by atoms with van der Waals surface area (Å²) in [7, 11) is 1.33. The zero-order valence-corrected chi connectivity index (χ0v) is 15.2. The molecule has 2 aliphatic heterocycles. The first kappa shape index (κ1) is 16.8. The van der Waals surface area contributed by atoms with Crippen molar-refractivity contribution in [2.45, 2.75) is 25.4 Å². The summed E-state index contributed by atoms with van der Waals surface area (Å²) in [6.45, 7) is 1.91. The number of rotatable bonds is 3. The molecule has 0 saturated carbocycles. The Hall–Kier alpha value is -2.67. The van der Waals surface area contributed by atoms with E-state index in [4.69, 9.17) is 4.74 Å². The molecule has 6 nitrogen and oxygen atoms in total. The Morgan fingerprint density at radius 3 is 2.69 bits per heavy atom. The van der Waals surface area contributed by atoms with Crippen molar-refractivity contribution in [3.05, 3.63) is 52.2 Å². The Bertz CT molecular complexity index is 879. The number of methoxy groups -OCH3 is 1. The molecule has 0 spiro atoms. The van der Waals surface area contributed by atoms with E-state index in [0.29, 0.717) is 5.69 Å². The van der Waals surface area contributed by atoms with E-state index in [1.165, 1.54) is 23.3 Å². The number of aryl methyl sites for hydroxylation is 1. The third-order valence-electron chi connectivity index (χ3n) is 5.01. The summed E-state index contributed by atoms with van der Waals surface area (Å²) in [5.74, 6) is -1.20. The maximum absolute atomic E-state index is 13.2. The number of amides is 3. The molecular weight excluding hydrogens is 352 g/mol. The Morgan fingerprint density at radius 2 is 2.04 bits per heavy atom. The highest BCUT2D eigenvalue weighted by Gasteiger charge is 2.58. The maximum atomic E-state index is 13.2. The minimum absolute atomic E-state index is 0.280. The van der Waals surface area contributed by atoms with Gasteiger partial charge in [-0.15, -0.1) is 11.3 Å². The second-order valence-electron chi connectivity index (χ2n) is 6.54. The van der Waals surface area contributed by atoms with Gasteiger partial charge in [-0.05, 0) is 42.5 Å². The van der Waals surface area contributed by atoms with Gasteiger partial charge in [0.15, 0.2) is 0 Å². The zero-order chi connectivity index (χ0) is 18.4. The molecule has 2 saturated heterocycles. The quantitative estimate of drug-likeness (QED) is 0.615. The lowest BCUT2D eigenvalue weighted by atomic mass is 9.97. The number of nitrogens with zero attached hydrogens (tertiary/aromatic N) is 2. The summed E-state index contributed by atoms with van der Waals surface area (Å²) in [5.41, 5.74) is 1.53. The van der Waals surface area contributed by atoms with Crippen LogP contribution < -0.4 is 4.90 Å². The number of benzene rings is 1. The lowest BCUT2D eigenvalue weighted by molar-refractivity contribution is -0.146. The summed E-state index contributed by atoms with van der Waals surface area (Å²) < 4.78 is 4.93. The summed E-state index contributed by atoms with van der Waals surface area (Å²) in [4.78, 5) is 42.1. The molecule has 0 N–H and O–H groups in total. The molecule has 2 aromatic rings. The molecule has 134 valence electrons. The standard InChI is InChI=1S/C19H18N2O4S/c1-11-5-3-6-12(9-11)20-17(22)14-10-13(18(23)25-2)16(21(14)19(20)24)15-7-4-8-26-15/h3-9,13-14,16H,10H2,1-2H3. The van der Waals surface area contributed by atoms with Crippen LogP contribution in [0.15, 0.2) is 41.8 Å². The highest BCUT2D eigenvalue weighted by molar-refractivity contribution is 7.10. The molecule has 3 atom stereocenters. The van der Waals surface area contributed by atoms with Crippen LogP contribution in [0, 0.1) is 12.8 Å². The minimum atomic E-state index is -0.640. The summed E-state index contributed by atoms with van der Waals surface area (Å²) in [6, 6.07) is 9.58. The lowest BCUT2D eigenvalue weighted by Crippen LogP contribution is -2.37. The predicted octanol–water partition coefficient (Wildman–Crippen LogP) is 3.13. The van der Waals surface area contributed by atoms with Gasteiger partial charge in [0.1, 0.15) is 6.04 Å². The molecule has 0 radical (unpaired) electrons. The van der Waals surface area contributed by atoms with Gasteiger partial charge in [0, 0.05) is 4.88 Å². The highest BCUT2D eigenvalue weighted by atomic mass is 32.1. The third kappa shape index (κ3) is 2.42. The normalized spacial score (nSPS) is 24.9. The molecular formula is C19H18N2O4S. The molecule has 0 bridgehead atoms. The Balaban J connectivity index is 1.75. The Labute approximate surface area is 155 Å². The number of fused-ring (bicyclic) bond motifs is 1. The molecule has 1 aromatic heterocycles. The van der Waals surface area contributed by atoms with Crippen LogP contribution in [0.5, 0.6) is 0 Å². The number of imide groups is 1. The summed E-state index contributed by atoms with van der Waals surface area (Å²) in [6.07, 6.45) is 0.280. The van der Waals surface area contributed by atoms with E-state index in [0.717, 1.165) is 10.4 Å². The zero-order valence-electron chi connectivity index (χ0n) is 14.4. The van der Waals surface area contributed by atoms with Gasteiger partial charge in [-0.1, -0.05) is 18.2 Å². The second-order valence-corrected chi connectivity index (χ2v) is 7.52. The van der Waals surface area contributed by atoms with Gasteiger partial charge >= 0.3 is 12.0 Å². The molecule has 26 heavy (non-hydrogen) atoms. The van der Waals surface area contributed by atoms with Crippen LogP contribution in [0.4, 0.5) is 10.5 Å². The Morgan fingerprint density at radius 1 is 1.23 bits per heavy atom. The fourth-order valence-electron chi connectivity index (χ4n) is 3.88. The van der Waals surface area contributed by atoms with E-state index < -0.39 is 18.0 Å². The number of anilines is 1. The van der Waals surface area contributed by atoms with Crippen LogP contribution in [0.3, 0.4) is 0 Å². The van der Waals surface area contributed by atoms with Crippen molar-refractivity contribution < 1.29 is 19.1 Å².